The molecular weight excluding hydrogens is 490 g/mol. The highest BCUT2D eigenvalue weighted by Gasteiger charge is 2.29. The lowest BCUT2D eigenvalue weighted by Crippen LogP contribution is -2.45. The summed E-state index contributed by atoms with van der Waals surface area (Å²) in [5, 5.41) is 0. The molecule has 4 rings (SSSR count). The maximum absolute atomic E-state index is 13.9. The van der Waals surface area contributed by atoms with Gasteiger partial charge in [-0.3, -0.25) is 9.59 Å². The molecule has 0 saturated heterocycles. The van der Waals surface area contributed by atoms with E-state index < -0.39 is 0 Å². The highest BCUT2D eigenvalue weighted by atomic mass is 16.5. The number of hydrogen-bond acceptors (Lipinski definition) is 4. The van der Waals surface area contributed by atoms with Crippen molar-refractivity contribution in [3.63, 3.8) is 0 Å². The number of hydrogen-bond donors (Lipinski definition) is 0. The van der Waals surface area contributed by atoms with E-state index in [9.17, 15) is 9.59 Å². The SMILES string of the molecule is COCCCN(CC(=O)N(Cc1ccccc1)Cc1cccn1Cc1cccc(OC)c1)C(=O)C1CCCC1. The Balaban J connectivity index is 1.52. The van der Waals surface area contributed by atoms with Crippen molar-refractivity contribution >= 4 is 11.8 Å². The minimum Gasteiger partial charge on any atom is -0.497 e. The summed E-state index contributed by atoms with van der Waals surface area (Å²) in [6.07, 6.45) is 6.75. The Morgan fingerprint density at radius 3 is 2.41 bits per heavy atom. The van der Waals surface area contributed by atoms with Gasteiger partial charge in [0.05, 0.1) is 20.2 Å². The Kier molecular flexibility index (Phi) is 10.6. The van der Waals surface area contributed by atoms with Crippen LogP contribution < -0.4 is 4.74 Å². The zero-order valence-electron chi connectivity index (χ0n) is 23.3. The summed E-state index contributed by atoms with van der Waals surface area (Å²) in [6, 6.07) is 22.1. The predicted octanol–water partition coefficient (Wildman–Crippen LogP) is 5.13. The van der Waals surface area contributed by atoms with Gasteiger partial charge in [0.15, 0.2) is 0 Å². The van der Waals surface area contributed by atoms with Crippen LogP contribution in [0.2, 0.25) is 0 Å². The van der Waals surface area contributed by atoms with E-state index >= 15 is 0 Å². The Morgan fingerprint density at radius 2 is 1.67 bits per heavy atom. The van der Waals surface area contributed by atoms with E-state index in [1.54, 1.807) is 19.1 Å². The Hall–Kier alpha value is -3.58. The molecule has 1 fully saturated rings. The number of aromatic nitrogens is 1. The zero-order valence-corrected chi connectivity index (χ0v) is 23.3. The molecule has 7 heteroatoms. The van der Waals surface area contributed by atoms with E-state index in [1.807, 2.05) is 65.7 Å². The third-order valence-electron chi connectivity index (χ3n) is 7.45. The van der Waals surface area contributed by atoms with Gasteiger partial charge in [-0.1, -0.05) is 55.3 Å². The molecule has 0 radical (unpaired) electrons. The Bertz CT molecular complexity index is 1190. The standard InChI is InChI=1S/C32H41N3O4/c1-38-20-10-19-34(32(37)28-14-6-7-15-28)25-31(36)35(22-26-11-4-3-5-12-26)24-29-16-9-18-33(29)23-27-13-8-17-30(21-27)39-2/h3-5,8-9,11-13,16-18,21,28H,6-7,10,14-15,19-20,22-25H2,1-2H3. The lowest BCUT2D eigenvalue weighted by Gasteiger charge is -2.30. The van der Waals surface area contributed by atoms with Gasteiger partial charge < -0.3 is 23.8 Å². The van der Waals surface area contributed by atoms with Crippen LogP contribution in [0, 0.1) is 5.92 Å². The molecule has 1 heterocycles. The third kappa shape index (κ3) is 8.20. The molecule has 0 atom stereocenters. The number of amides is 2. The Labute approximate surface area is 232 Å². The van der Waals surface area contributed by atoms with Gasteiger partial charge in [0.1, 0.15) is 5.75 Å². The molecule has 3 aromatic rings. The van der Waals surface area contributed by atoms with E-state index in [2.05, 4.69) is 16.7 Å². The average Bonchev–Trinajstić information content (AvgIpc) is 3.65. The molecule has 39 heavy (non-hydrogen) atoms. The van der Waals surface area contributed by atoms with Gasteiger partial charge in [-0.25, -0.2) is 0 Å². The second-order valence-electron chi connectivity index (χ2n) is 10.3. The van der Waals surface area contributed by atoms with Crippen molar-refractivity contribution in [2.75, 3.05) is 33.9 Å². The van der Waals surface area contributed by atoms with E-state index in [0.29, 0.717) is 39.2 Å². The van der Waals surface area contributed by atoms with Crippen molar-refractivity contribution in [3.8, 4) is 5.75 Å². The molecule has 1 saturated carbocycles. The highest BCUT2D eigenvalue weighted by molar-refractivity contribution is 5.86. The molecular formula is C32H41N3O4. The van der Waals surface area contributed by atoms with Crippen molar-refractivity contribution in [2.24, 2.45) is 5.92 Å². The van der Waals surface area contributed by atoms with Gasteiger partial charge in [-0.15, -0.1) is 0 Å². The van der Waals surface area contributed by atoms with E-state index in [0.717, 1.165) is 48.3 Å². The molecule has 1 aromatic heterocycles. The first-order valence-corrected chi connectivity index (χ1v) is 13.9. The minimum absolute atomic E-state index is 0.0306. The van der Waals surface area contributed by atoms with Gasteiger partial charge in [0.2, 0.25) is 11.8 Å². The van der Waals surface area contributed by atoms with Crippen molar-refractivity contribution < 1.29 is 19.1 Å². The van der Waals surface area contributed by atoms with Crippen molar-refractivity contribution in [3.05, 3.63) is 89.7 Å². The zero-order chi connectivity index (χ0) is 27.5. The fourth-order valence-electron chi connectivity index (χ4n) is 5.31. The number of nitrogens with zero attached hydrogens (tertiary/aromatic N) is 3. The Morgan fingerprint density at radius 1 is 0.897 bits per heavy atom. The lowest BCUT2D eigenvalue weighted by atomic mass is 10.1. The number of ether oxygens (including phenoxy) is 2. The summed E-state index contributed by atoms with van der Waals surface area (Å²) in [5.74, 6) is 0.917. The van der Waals surface area contributed by atoms with Crippen LogP contribution in [0.25, 0.3) is 0 Å². The quantitative estimate of drug-likeness (QED) is 0.271. The molecule has 208 valence electrons. The van der Waals surface area contributed by atoms with Crippen molar-refractivity contribution in [1.82, 2.24) is 14.4 Å². The normalized spacial score (nSPS) is 13.4. The molecule has 2 aromatic carbocycles. The van der Waals surface area contributed by atoms with Crippen LogP contribution in [0.4, 0.5) is 0 Å². The number of methoxy groups -OCH3 is 2. The van der Waals surface area contributed by atoms with E-state index in [-0.39, 0.29) is 24.3 Å². The van der Waals surface area contributed by atoms with Crippen LogP contribution in [0.1, 0.15) is 48.9 Å². The second-order valence-corrected chi connectivity index (χ2v) is 10.3. The molecule has 0 unspecified atom stereocenters. The third-order valence-corrected chi connectivity index (χ3v) is 7.45. The first-order chi connectivity index (χ1) is 19.1. The van der Waals surface area contributed by atoms with Crippen LogP contribution in [0.15, 0.2) is 72.9 Å². The molecule has 1 aliphatic rings. The van der Waals surface area contributed by atoms with Crippen LogP contribution in [-0.4, -0.2) is 60.1 Å². The molecule has 0 aliphatic heterocycles. The van der Waals surface area contributed by atoms with Crippen LogP contribution >= 0.6 is 0 Å². The molecule has 0 bridgehead atoms. The first-order valence-electron chi connectivity index (χ1n) is 13.9. The van der Waals surface area contributed by atoms with Gasteiger partial charge in [0.25, 0.3) is 0 Å². The first kappa shape index (κ1) is 28.4. The fourth-order valence-corrected chi connectivity index (χ4v) is 5.31. The maximum Gasteiger partial charge on any atom is 0.242 e. The number of rotatable bonds is 14. The maximum atomic E-state index is 13.9. The monoisotopic (exact) mass is 531 g/mol. The lowest BCUT2D eigenvalue weighted by molar-refractivity contribution is -0.143. The van der Waals surface area contributed by atoms with E-state index in [4.69, 9.17) is 9.47 Å². The minimum atomic E-state index is -0.0447. The van der Waals surface area contributed by atoms with E-state index in [1.165, 1.54) is 0 Å². The number of carbonyl (C=O) groups excluding carboxylic acids is 2. The fraction of sp³-hybridized carbons (Fsp3) is 0.438. The van der Waals surface area contributed by atoms with Crippen molar-refractivity contribution in [2.45, 2.75) is 51.7 Å². The summed E-state index contributed by atoms with van der Waals surface area (Å²) in [7, 11) is 3.33. The summed E-state index contributed by atoms with van der Waals surface area (Å²) in [4.78, 5) is 30.9. The second kappa shape index (κ2) is 14.5. The summed E-state index contributed by atoms with van der Waals surface area (Å²) < 4.78 is 12.8. The van der Waals surface area contributed by atoms with Gasteiger partial charge >= 0.3 is 0 Å². The molecule has 0 spiro atoms. The topological polar surface area (TPSA) is 64.0 Å². The average molecular weight is 532 g/mol. The van der Waals surface area contributed by atoms with Crippen molar-refractivity contribution in [1.29, 1.82) is 0 Å². The molecule has 2 amide bonds. The molecule has 1 aliphatic carbocycles. The van der Waals surface area contributed by atoms with Crippen LogP contribution in [0.5, 0.6) is 5.75 Å². The van der Waals surface area contributed by atoms with Gasteiger partial charge in [0, 0.05) is 51.2 Å². The summed E-state index contributed by atoms with van der Waals surface area (Å²) in [6.45, 7) is 2.79. The molecule has 0 N–H and O–H groups in total. The van der Waals surface area contributed by atoms with Gasteiger partial charge in [-0.2, -0.15) is 0 Å². The highest BCUT2D eigenvalue weighted by Crippen LogP contribution is 2.27. The van der Waals surface area contributed by atoms with Gasteiger partial charge in [-0.05, 0) is 54.7 Å². The smallest absolute Gasteiger partial charge is 0.242 e. The number of carbonyl (C=O) groups is 2. The molecule has 7 nitrogen and oxygen atoms in total. The largest absolute Gasteiger partial charge is 0.497 e. The van der Waals surface area contributed by atoms with Crippen LogP contribution in [-0.2, 0) is 34.0 Å². The van der Waals surface area contributed by atoms with Crippen LogP contribution in [0.3, 0.4) is 0 Å². The predicted molar refractivity (Wildman–Crippen MR) is 152 cm³/mol. The summed E-state index contributed by atoms with van der Waals surface area (Å²) >= 11 is 0. The summed E-state index contributed by atoms with van der Waals surface area (Å²) in [5.41, 5.74) is 3.22. The number of benzene rings is 2.